The van der Waals surface area contributed by atoms with Crippen LogP contribution in [0.5, 0.6) is 0 Å². The first-order valence-electron chi connectivity index (χ1n) is 6.25. The van der Waals surface area contributed by atoms with E-state index in [-0.39, 0.29) is 6.42 Å². The second-order valence-electron chi connectivity index (χ2n) is 4.63. The van der Waals surface area contributed by atoms with Crippen molar-refractivity contribution in [2.45, 2.75) is 32.7 Å². The van der Waals surface area contributed by atoms with Gasteiger partial charge in [-0.3, -0.25) is 4.79 Å². The Morgan fingerprint density at radius 3 is 2.61 bits per heavy atom. The molecule has 0 spiro atoms. The highest BCUT2D eigenvalue weighted by atomic mass is 35.5. The molecule has 0 fully saturated rings. The maximum absolute atomic E-state index is 10.4. The van der Waals surface area contributed by atoms with Crippen LogP contribution >= 0.6 is 11.6 Å². The molecule has 0 aliphatic rings. The van der Waals surface area contributed by atoms with E-state index in [4.69, 9.17) is 16.7 Å². The number of carbonyl (C=O) groups is 1. The van der Waals surface area contributed by atoms with Crippen LogP contribution in [0.4, 0.5) is 0 Å². The summed E-state index contributed by atoms with van der Waals surface area (Å²) in [5.74, 6) is -0.269. The summed E-state index contributed by atoms with van der Waals surface area (Å²) < 4.78 is 0. The minimum absolute atomic E-state index is 0.262. The van der Waals surface area contributed by atoms with Gasteiger partial charge in [0.1, 0.15) is 0 Å². The molecule has 100 valence electrons. The number of carboxylic acids is 1. The van der Waals surface area contributed by atoms with E-state index in [0.717, 1.165) is 31.0 Å². The predicted octanol–water partition coefficient (Wildman–Crippen LogP) is 3.32. The first-order valence-corrected chi connectivity index (χ1v) is 6.62. The van der Waals surface area contributed by atoms with Crippen molar-refractivity contribution in [1.82, 2.24) is 5.32 Å². The van der Waals surface area contributed by atoms with E-state index in [9.17, 15) is 4.79 Å². The average molecular weight is 270 g/mol. The van der Waals surface area contributed by atoms with E-state index < -0.39 is 5.97 Å². The lowest BCUT2D eigenvalue weighted by Crippen LogP contribution is -2.17. The number of nitrogens with one attached hydrogen (secondary N) is 1. The van der Waals surface area contributed by atoms with Crippen LogP contribution in [-0.2, 0) is 11.3 Å². The van der Waals surface area contributed by atoms with E-state index in [2.05, 4.69) is 12.2 Å². The molecular formula is C14H20ClNO2. The van der Waals surface area contributed by atoms with Crippen LogP contribution in [0.1, 0.15) is 31.7 Å². The topological polar surface area (TPSA) is 49.3 Å². The second-order valence-corrected chi connectivity index (χ2v) is 5.07. The molecule has 0 saturated carbocycles. The Morgan fingerprint density at radius 1 is 1.33 bits per heavy atom. The Morgan fingerprint density at radius 2 is 2.00 bits per heavy atom. The lowest BCUT2D eigenvalue weighted by molar-refractivity contribution is -0.137. The summed E-state index contributed by atoms with van der Waals surface area (Å²) >= 11 is 5.81. The summed E-state index contributed by atoms with van der Waals surface area (Å²) in [6.45, 7) is 3.82. The number of rotatable bonds is 8. The van der Waals surface area contributed by atoms with Gasteiger partial charge in [0.15, 0.2) is 0 Å². The van der Waals surface area contributed by atoms with Crippen molar-refractivity contribution in [3.63, 3.8) is 0 Å². The summed E-state index contributed by atoms with van der Waals surface area (Å²) in [6, 6.07) is 7.77. The Balaban J connectivity index is 2.11. The quantitative estimate of drug-likeness (QED) is 0.712. The van der Waals surface area contributed by atoms with Crippen LogP contribution in [0.2, 0.25) is 5.02 Å². The fourth-order valence-corrected chi connectivity index (χ4v) is 1.82. The Bertz CT molecular complexity index is 365. The molecule has 3 nitrogen and oxygen atoms in total. The van der Waals surface area contributed by atoms with Crippen molar-refractivity contribution in [3.05, 3.63) is 34.9 Å². The summed E-state index contributed by atoms with van der Waals surface area (Å²) in [5, 5.41) is 12.7. The number of benzene rings is 1. The molecule has 2 N–H and O–H groups in total. The van der Waals surface area contributed by atoms with Crippen LogP contribution in [0.3, 0.4) is 0 Å². The fourth-order valence-electron chi connectivity index (χ4n) is 1.70. The Hall–Kier alpha value is -1.06. The molecule has 0 aliphatic carbocycles. The third-order valence-electron chi connectivity index (χ3n) is 2.91. The number of aliphatic carboxylic acids is 1. The molecule has 4 heteroatoms. The van der Waals surface area contributed by atoms with E-state index in [1.807, 2.05) is 24.3 Å². The zero-order valence-electron chi connectivity index (χ0n) is 10.7. The van der Waals surface area contributed by atoms with Crippen LogP contribution in [0.15, 0.2) is 24.3 Å². The van der Waals surface area contributed by atoms with Gasteiger partial charge in [-0.2, -0.15) is 0 Å². The molecule has 1 aromatic carbocycles. The molecule has 1 atom stereocenters. The van der Waals surface area contributed by atoms with Gasteiger partial charge in [-0.15, -0.1) is 0 Å². The van der Waals surface area contributed by atoms with Crippen LogP contribution in [-0.4, -0.2) is 17.6 Å². The highest BCUT2D eigenvalue weighted by Crippen LogP contribution is 2.11. The van der Waals surface area contributed by atoms with Gasteiger partial charge in [0.25, 0.3) is 0 Å². The summed E-state index contributed by atoms with van der Waals surface area (Å²) in [7, 11) is 0. The van der Waals surface area contributed by atoms with E-state index in [1.54, 1.807) is 0 Å². The van der Waals surface area contributed by atoms with Gasteiger partial charge in [0.05, 0.1) is 0 Å². The van der Waals surface area contributed by atoms with Crippen molar-refractivity contribution in [2.75, 3.05) is 6.54 Å². The van der Waals surface area contributed by atoms with Gasteiger partial charge in [-0.25, -0.2) is 0 Å². The van der Waals surface area contributed by atoms with Crippen molar-refractivity contribution < 1.29 is 9.90 Å². The first kappa shape index (κ1) is 15.0. The van der Waals surface area contributed by atoms with Gasteiger partial charge >= 0.3 is 5.97 Å². The first-order chi connectivity index (χ1) is 8.58. The molecule has 0 bridgehead atoms. The third kappa shape index (κ3) is 6.62. The Labute approximate surface area is 113 Å². The van der Waals surface area contributed by atoms with E-state index in [0.29, 0.717) is 5.92 Å². The second kappa shape index (κ2) is 8.11. The van der Waals surface area contributed by atoms with Crippen molar-refractivity contribution in [3.8, 4) is 0 Å². The monoisotopic (exact) mass is 269 g/mol. The van der Waals surface area contributed by atoms with Crippen molar-refractivity contribution in [1.29, 1.82) is 0 Å². The summed E-state index contributed by atoms with van der Waals surface area (Å²) in [5.41, 5.74) is 1.21. The maximum Gasteiger partial charge on any atom is 0.303 e. The standard InChI is InChI=1S/C14H20ClNO2/c1-11(2-7-14(17)18)8-9-16-10-12-3-5-13(15)6-4-12/h3-6,11,16H,2,7-10H2,1H3,(H,17,18). The highest BCUT2D eigenvalue weighted by Gasteiger charge is 2.04. The van der Waals surface area contributed by atoms with Gasteiger partial charge in [-0.05, 0) is 43.0 Å². The molecule has 0 aliphatic heterocycles. The number of hydrogen-bond acceptors (Lipinski definition) is 2. The number of hydrogen-bond donors (Lipinski definition) is 2. The highest BCUT2D eigenvalue weighted by molar-refractivity contribution is 6.30. The van der Waals surface area contributed by atoms with Crippen molar-refractivity contribution >= 4 is 17.6 Å². The Kier molecular flexibility index (Phi) is 6.76. The van der Waals surface area contributed by atoms with Crippen molar-refractivity contribution in [2.24, 2.45) is 5.92 Å². The van der Waals surface area contributed by atoms with E-state index in [1.165, 1.54) is 5.56 Å². The number of halogens is 1. The molecule has 1 unspecified atom stereocenters. The van der Waals surface area contributed by atoms with Gasteiger partial charge in [-0.1, -0.05) is 30.7 Å². The minimum atomic E-state index is -0.712. The normalized spacial score (nSPS) is 12.3. The zero-order chi connectivity index (χ0) is 13.4. The SMILES string of the molecule is CC(CCNCc1ccc(Cl)cc1)CCC(=O)O. The van der Waals surface area contributed by atoms with Crippen LogP contribution in [0, 0.1) is 5.92 Å². The predicted molar refractivity (Wildman–Crippen MR) is 73.8 cm³/mol. The lowest BCUT2D eigenvalue weighted by Gasteiger charge is -2.10. The van der Waals surface area contributed by atoms with E-state index >= 15 is 0 Å². The molecule has 1 rings (SSSR count). The molecule has 0 aromatic heterocycles. The molecule has 1 aromatic rings. The molecule has 0 saturated heterocycles. The lowest BCUT2D eigenvalue weighted by atomic mass is 10.0. The summed E-state index contributed by atoms with van der Waals surface area (Å²) in [6.07, 6.45) is 2.01. The maximum atomic E-state index is 10.4. The largest absolute Gasteiger partial charge is 0.481 e. The molecular weight excluding hydrogens is 250 g/mol. The molecule has 18 heavy (non-hydrogen) atoms. The third-order valence-corrected chi connectivity index (χ3v) is 3.16. The van der Waals surface area contributed by atoms with Crippen LogP contribution in [0.25, 0.3) is 0 Å². The summed E-state index contributed by atoms with van der Waals surface area (Å²) in [4.78, 5) is 10.4. The smallest absolute Gasteiger partial charge is 0.303 e. The number of carboxylic acid groups (broad SMARTS) is 1. The zero-order valence-corrected chi connectivity index (χ0v) is 11.4. The molecule has 0 radical (unpaired) electrons. The van der Waals surface area contributed by atoms with Crippen LogP contribution < -0.4 is 5.32 Å². The van der Waals surface area contributed by atoms with Gasteiger partial charge in [0.2, 0.25) is 0 Å². The average Bonchev–Trinajstić information content (AvgIpc) is 2.34. The minimum Gasteiger partial charge on any atom is -0.481 e. The fraction of sp³-hybridized carbons (Fsp3) is 0.500. The molecule has 0 heterocycles. The van der Waals surface area contributed by atoms with Gasteiger partial charge < -0.3 is 10.4 Å². The van der Waals surface area contributed by atoms with Gasteiger partial charge in [0, 0.05) is 18.0 Å². The molecule has 0 amide bonds.